The van der Waals surface area contributed by atoms with Crippen LogP contribution in [-0.2, 0) is 33.2 Å². The molecule has 8 fully saturated rings. The first kappa shape index (κ1) is 46.2. The molecule has 5 unspecified atom stereocenters. The van der Waals surface area contributed by atoms with Crippen molar-refractivity contribution in [3.8, 4) is 0 Å². The predicted molar refractivity (Wildman–Crippen MR) is 216 cm³/mol. The molecule has 0 aromatic carbocycles. The molecule has 0 aromatic heterocycles. The van der Waals surface area contributed by atoms with Crippen LogP contribution in [0.2, 0.25) is 0 Å². The van der Waals surface area contributed by atoms with Crippen LogP contribution in [0.15, 0.2) is 11.6 Å². The number of hydrogen-bond acceptors (Lipinski definition) is 17. The number of ether oxygens (including phenoxy) is 7. The van der Waals surface area contributed by atoms with E-state index in [1.54, 1.807) is 0 Å². The Labute approximate surface area is 364 Å². The normalized spacial score (nSPS) is 57.6. The van der Waals surface area contributed by atoms with Crippen LogP contribution in [0.1, 0.15) is 92.4 Å². The summed E-state index contributed by atoms with van der Waals surface area (Å²) in [4.78, 5) is 0. The predicted octanol–water partition coefficient (Wildman–Crippen LogP) is -0.213. The highest BCUT2D eigenvalue weighted by molar-refractivity contribution is 5.26. The van der Waals surface area contributed by atoms with Gasteiger partial charge in [-0.15, -0.1) is 0 Å². The van der Waals surface area contributed by atoms with Gasteiger partial charge >= 0.3 is 0 Å². The lowest BCUT2D eigenvalue weighted by Gasteiger charge is -2.59. The summed E-state index contributed by atoms with van der Waals surface area (Å²) >= 11 is 0. The zero-order valence-corrected chi connectivity index (χ0v) is 36.7. The molecule has 3 saturated carbocycles. The van der Waals surface area contributed by atoms with Gasteiger partial charge in [0.15, 0.2) is 18.9 Å². The van der Waals surface area contributed by atoms with E-state index >= 15 is 0 Å². The summed E-state index contributed by atoms with van der Waals surface area (Å²) in [7, 11) is 0. The number of allylic oxidation sites excluding steroid dienone is 1. The minimum absolute atomic E-state index is 0.0361. The van der Waals surface area contributed by atoms with Crippen LogP contribution in [0, 0.1) is 46.3 Å². The van der Waals surface area contributed by atoms with Crippen LogP contribution >= 0.6 is 0 Å². The molecule has 26 atom stereocenters. The van der Waals surface area contributed by atoms with E-state index in [0.717, 1.165) is 38.6 Å². The monoisotopic (exact) mass is 883 g/mol. The molecule has 1 spiro atoms. The van der Waals surface area contributed by atoms with Gasteiger partial charge in [0, 0.05) is 12.5 Å². The molecule has 354 valence electrons. The Hall–Kier alpha value is -0.940. The quantitative estimate of drug-likeness (QED) is 0.142. The molecule has 62 heavy (non-hydrogen) atoms. The SMILES string of the molecule is CC1CC[C@@]2(NC1)O[C@H]1CC3C4CC=C5C[C@@H](O[C@@H]6O[C@H](CO)[C@H](O)[C@H](O[C@@H]7O[C@H](CO)[C@@H](O)[C@H](O)[C@H]7O)[C@H]6O[C@@H]6O[C@@H](C)[C@H](O)[C@@H](O)[C@H]6O)CC[C@]5(C)C4CC[C@]3(C)C1[C@@H]2C. The van der Waals surface area contributed by atoms with Crippen molar-refractivity contribution in [3.05, 3.63) is 11.6 Å². The van der Waals surface area contributed by atoms with E-state index in [0.29, 0.717) is 48.3 Å². The first-order chi connectivity index (χ1) is 29.4. The lowest BCUT2D eigenvalue weighted by Crippen LogP contribution is -2.67. The molecule has 5 heterocycles. The van der Waals surface area contributed by atoms with Crippen molar-refractivity contribution in [2.45, 2.75) is 202 Å². The van der Waals surface area contributed by atoms with Gasteiger partial charge in [-0.05, 0) is 105 Å². The fourth-order valence-electron chi connectivity index (χ4n) is 14.2. The smallest absolute Gasteiger partial charge is 0.187 e. The van der Waals surface area contributed by atoms with Gasteiger partial charge < -0.3 is 79.1 Å². The van der Waals surface area contributed by atoms with Gasteiger partial charge in [-0.1, -0.05) is 39.3 Å². The van der Waals surface area contributed by atoms with Crippen LogP contribution < -0.4 is 5.32 Å². The van der Waals surface area contributed by atoms with Crippen molar-refractivity contribution in [2.24, 2.45) is 46.3 Å². The number of fused-ring (bicyclic) bond motifs is 7. The molecular formula is C45H73NO16. The van der Waals surface area contributed by atoms with Crippen molar-refractivity contribution >= 4 is 0 Å². The Morgan fingerprint density at radius 2 is 1.35 bits per heavy atom. The lowest BCUT2D eigenvalue weighted by atomic mass is 9.47. The van der Waals surface area contributed by atoms with Crippen molar-refractivity contribution in [1.82, 2.24) is 5.32 Å². The van der Waals surface area contributed by atoms with E-state index in [1.807, 2.05) is 0 Å². The number of nitrogens with one attached hydrogen (secondary N) is 1. The maximum Gasteiger partial charge on any atom is 0.187 e. The Morgan fingerprint density at radius 1 is 0.694 bits per heavy atom. The summed E-state index contributed by atoms with van der Waals surface area (Å²) in [6.45, 7) is 10.8. The van der Waals surface area contributed by atoms with Crippen LogP contribution in [-0.4, -0.2) is 176 Å². The van der Waals surface area contributed by atoms with Crippen LogP contribution in [0.5, 0.6) is 0 Å². The number of piperidine rings is 1. The van der Waals surface area contributed by atoms with E-state index in [2.05, 4.69) is 39.1 Å². The topological polar surface area (TPSA) is 259 Å². The highest BCUT2D eigenvalue weighted by Gasteiger charge is 2.68. The van der Waals surface area contributed by atoms with Crippen molar-refractivity contribution < 1.29 is 79.1 Å². The largest absolute Gasteiger partial charge is 0.394 e. The maximum atomic E-state index is 11.6. The Morgan fingerprint density at radius 3 is 2.05 bits per heavy atom. The number of hydrogen-bond donors (Lipinski definition) is 10. The van der Waals surface area contributed by atoms with Gasteiger partial charge in [0.1, 0.15) is 72.9 Å². The number of rotatable bonds is 8. The highest BCUT2D eigenvalue weighted by Crippen LogP contribution is 2.70. The second kappa shape index (κ2) is 17.3. The molecule has 17 heteroatoms. The summed E-state index contributed by atoms with van der Waals surface area (Å²) in [6, 6.07) is 0. The average Bonchev–Trinajstić information content (AvgIpc) is 3.70. The second-order valence-electron chi connectivity index (χ2n) is 21.2. The molecule has 9 aliphatic rings. The van der Waals surface area contributed by atoms with Crippen LogP contribution in [0.25, 0.3) is 0 Å². The third-order valence-corrected chi connectivity index (χ3v) is 17.9. The third kappa shape index (κ3) is 7.49. The molecule has 5 saturated heterocycles. The lowest BCUT2D eigenvalue weighted by molar-refractivity contribution is -0.394. The fourth-order valence-corrected chi connectivity index (χ4v) is 14.2. The molecule has 17 nitrogen and oxygen atoms in total. The molecule has 0 aromatic rings. The molecule has 5 aliphatic heterocycles. The van der Waals surface area contributed by atoms with E-state index < -0.39 is 111 Å². The van der Waals surface area contributed by atoms with Crippen molar-refractivity contribution in [1.29, 1.82) is 0 Å². The number of aliphatic hydroxyl groups is 9. The maximum absolute atomic E-state index is 11.6. The second-order valence-corrected chi connectivity index (χ2v) is 21.2. The Bertz CT molecular complexity index is 1610. The Balaban J connectivity index is 0.940. The number of aliphatic hydroxyl groups excluding tert-OH is 9. The summed E-state index contributed by atoms with van der Waals surface area (Å²) in [5.41, 5.74) is 1.32. The molecule has 9 rings (SSSR count). The minimum atomic E-state index is -1.84. The molecule has 0 radical (unpaired) electrons. The zero-order valence-electron chi connectivity index (χ0n) is 36.7. The van der Waals surface area contributed by atoms with Gasteiger partial charge in [-0.25, -0.2) is 0 Å². The molecule has 0 amide bonds. The summed E-state index contributed by atoms with van der Waals surface area (Å²) in [5.74, 6) is 3.32. The van der Waals surface area contributed by atoms with Gasteiger partial charge in [0.25, 0.3) is 0 Å². The standard InChI is InChI=1S/C45H73NO16/c1-19-8-13-45(46-16-19)20(2)30-27(62-45)15-26-24-7-6-22-14-23(9-11-43(22,4)25(24)10-12-44(26,30)5)57-42-39(61-40-36(54)34(52)31(49)21(3)56-40)38(33(51)29(18-48)59-42)60-41-37(55)35(53)32(50)28(17-47)58-41/h6,19-21,23-42,46-55H,7-18H2,1-5H3/t19?,20-,21-,23-,24?,25?,26?,27-,28+,29+,30?,31-,32+,33-,34+,35-,36+,37+,38-,39+,40-,41-,42+,43-,44-,45+/m0/s1. The van der Waals surface area contributed by atoms with Gasteiger partial charge in [0.05, 0.1) is 31.5 Å². The van der Waals surface area contributed by atoms with Crippen molar-refractivity contribution in [2.75, 3.05) is 19.8 Å². The van der Waals surface area contributed by atoms with Gasteiger partial charge in [-0.3, -0.25) is 5.32 Å². The van der Waals surface area contributed by atoms with E-state index in [9.17, 15) is 46.0 Å². The van der Waals surface area contributed by atoms with Gasteiger partial charge in [0.2, 0.25) is 0 Å². The Kier molecular flexibility index (Phi) is 12.9. The molecule has 10 N–H and O–H groups in total. The summed E-state index contributed by atoms with van der Waals surface area (Å²) in [6.07, 6.45) is -11.9. The average molecular weight is 884 g/mol. The minimum Gasteiger partial charge on any atom is -0.394 e. The van der Waals surface area contributed by atoms with Crippen LogP contribution in [0.3, 0.4) is 0 Å². The fraction of sp³-hybridized carbons (Fsp3) is 0.956. The summed E-state index contributed by atoms with van der Waals surface area (Å²) < 4.78 is 43.9. The van der Waals surface area contributed by atoms with Crippen LogP contribution in [0.4, 0.5) is 0 Å². The first-order valence-electron chi connectivity index (χ1n) is 23.5. The van der Waals surface area contributed by atoms with Crippen molar-refractivity contribution in [3.63, 3.8) is 0 Å². The summed E-state index contributed by atoms with van der Waals surface area (Å²) in [5, 5.41) is 99.7. The highest BCUT2D eigenvalue weighted by atomic mass is 16.8. The molecule has 4 aliphatic carbocycles. The zero-order chi connectivity index (χ0) is 44.2. The first-order valence-corrected chi connectivity index (χ1v) is 23.5. The van der Waals surface area contributed by atoms with E-state index in [4.69, 9.17) is 33.2 Å². The van der Waals surface area contributed by atoms with Gasteiger partial charge in [-0.2, -0.15) is 0 Å². The molecule has 0 bridgehead atoms. The third-order valence-electron chi connectivity index (χ3n) is 17.9. The molecular weight excluding hydrogens is 810 g/mol. The van der Waals surface area contributed by atoms with E-state index in [1.165, 1.54) is 25.3 Å². The van der Waals surface area contributed by atoms with E-state index in [-0.39, 0.29) is 22.7 Å².